The third kappa shape index (κ3) is 4.30. The lowest BCUT2D eigenvalue weighted by atomic mass is 9.79. The van der Waals surface area contributed by atoms with E-state index < -0.39 is 11.6 Å². The zero-order chi connectivity index (χ0) is 14.6. The predicted molar refractivity (Wildman–Crippen MR) is 78.3 cm³/mol. The van der Waals surface area contributed by atoms with Gasteiger partial charge in [0.25, 0.3) is 0 Å². The molecule has 1 aromatic carbocycles. The Morgan fingerprint density at radius 1 is 1.30 bits per heavy atom. The summed E-state index contributed by atoms with van der Waals surface area (Å²) < 4.78 is 6.61. The van der Waals surface area contributed by atoms with Gasteiger partial charge >= 0.3 is 5.97 Å². The molecule has 1 aliphatic rings. The van der Waals surface area contributed by atoms with E-state index in [2.05, 4.69) is 15.9 Å². The first-order valence-corrected chi connectivity index (χ1v) is 7.55. The second-order valence-electron chi connectivity index (χ2n) is 5.46. The van der Waals surface area contributed by atoms with Crippen molar-refractivity contribution < 1.29 is 19.7 Å². The predicted octanol–water partition coefficient (Wildman–Crippen LogP) is 2.97. The van der Waals surface area contributed by atoms with E-state index in [0.717, 1.165) is 10.0 Å². The summed E-state index contributed by atoms with van der Waals surface area (Å²) >= 11 is 3.37. The van der Waals surface area contributed by atoms with E-state index in [1.54, 1.807) is 0 Å². The second-order valence-corrected chi connectivity index (χ2v) is 6.37. The number of rotatable bonds is 5. The molecule has 0 atom stereocenters. The standard InChI is InChI=1S/C15H19BrO4/c16-13-3-1-11(2-4-13)9-20-10-15(19)7-5-12(6-8-15)14(17)18/h1-4,12,19H,5-10H2,(H,17,18). The highest BCUT2D eigenvalue weighted by Crippen LogP contribution is 2.32. The molecule has 5 heteroatoms. The zero-order valence-corrected chi connectivity index (χ0v) is 12.8. The first-order valence-electron chi connectivity index (χ1n) is 6.76. The van der Waals surface area contributed by atoms with Crippen molar-refractivity contribution in [2.75, 3.05) is 6.61 Å². The minimum Gasteiger partial charge on any atom is -0.481 e. The highest BCUT2D eigenvalue weighted by molar-refractivity contribution is 9.10. The van der Waals surface area contributed by atoms with Crippen LogP contribution in [-0.2, 0) is 16.1 Å². The molecule has 1 saturated carbocycles. The van der Waals surface area contributed by atoms with E-state index in [9.17, 15) is 9.90 Å². The van der Waals surface area contributed by atoms with E-state index in [0.29, 0.717) is 32.3 Å². The summed E-state index contributed by atoms with van der Waals surface area (Å²) in [5.74, 6) is -1.08. The van der Waals surface area contributed by atoms with Crippen LogP contribution in [0.1, 0.15) is 31.2 Å². The third-order valence-electron chi connectivity index (χ3n) is 3.82. The Labute approximate surface area is 126 Å². The van der Waals surface area contributed by atoms with Gasteiger partial charge in [-0.2, -0.15) is 0 Å². The molecule has 0 amide bonds. The van der Waals surface area contributed by atoms with Gasteiger partial charge in [0, 0.05) is 4.47 Å². The second kappa shape index (κ2) is 6.70. The van der Waals surface area contributed by atoms with Crippen LogP contribution in [0.15, 0.2) is 28.7 Å². The number of aliphatic carboxylic acids is 1. The molecular weight excluding hydrogens is 324 g/mol. The maximum absolute atomic E-state index is 10.9. The Morgan fingerprint density at radius 3 is 2.45 bits per heavy atom. The van der Waals surface area contributed by atoms with Crippen LogP contribution in [-0.4, -0.2) is 28.4 Å². The largest absolute Gasteiger partial charge is 0.481 e. The highest BCUT2D eigenvalue weighted by atomic mass is 79.9. The van der Waals surface area contributed by atoms with Gasteiger partial charge in [0.1, 0.15) is 0 Å². The molecule has 20 heavy (non-hydrogen) atoms. The Kier molecular flexibility index (Phi) is 5.18. The molecule has 0 radical (unpaired) electrons. The average Bonchev–Trinajstić information content (AvgIpc) is 2.41. The van der Waals surface area contributed by atoms with E-state index in [1.807, 2.05) is 24.3 Å². The van der Waals surface area contributed by atoms with Gasteiger partial charge in [0.15, 0.2) is 0 Å². The molecule has 2 N–H and O–H groups in total. The SMILES string of the molecule is O=C(O)C1CCC(O)(COCc2ccc(Br)cc2)CC1. The first kappa shape index (κ1) is 15.5. The Morgan fingerprint density at radius 2 is 1.90 bits per heavy atom. The third-order valence-corrected chi connectivity index (χ3v) is 4.35. The van der Waals surface area contributed by atoms with Crippen LogP contribution in [0.3, 0.4) is 0 Å². The van der Waals surface area contributed by atoms with Crippen molar-refractivity contribution in [1.82, 2.24) is 0 Å². The van der Waals surface area contributed by atoms with E-state index in [1.165, 1.54) is 0 Å². The molecule has 1 aliphatic carbocycles. The van der Waals surface area contributed by atoms with Gasteiger partial charge in [-0.3, -0.25) is 4.79 Å². The summed E-state index contributed by atoms with van der Waals surface area (Å²) in [6.07, 6.45) is 2.02. The van der Waals surface area contributed by atoms with E-state index in [4.69, 9.17) is 9.84 Å². The minimum atomic E-state index is -0.874. The maximum atomic E-state index is 10.9. The van der Waals surface area contributed by atoms with Gasteiger partial charge in [-0.1, -0.05) is 28.1 Å². The van der Waals surface area contributed by atoms with Crippen molar-refractivity contribution in [2.45, 2.75) is 37.9 Å². The molecule has 1 aromatic rings. The Balaban J connectivity index is 1.76. The van der Waals surface area contributed by atoms with Crippen molar-refractivity contribution in [2.24, 2.45) is 5.92 Å². The summed E-state index contributed by atoms with van der Waals surface area (Å²) in [6.45, 7) is 0.716. The lowest BCUT2D eigenvalue weighted by Gasteiger charge is -2.34. The fraction of sp³-hybridized carbons (Fsp3) is 0.533. The molecule has 1 fully saturated rings. The van der Waals surface area contributed by atoms with Crippen LogP contribution in [0, 0.1) is 5.92 Å². The highest BCUT2D eigenvalue weighted by Gasteiger charge is 2.35. The molecule has 110 valence electrons. The summed E-state index contributed by atoms with van der Waals surface area (Å²) in [5.41, 5.74) is 0.178. The van der Waals surface area contributed by atoms with Gasteiger partial charge in [-0.15, -0.1) is 0 Å². The van der Waals surface area contributed by atoms with Gasteiger partial charge in [-0.25, -0.2) is 0 Å². The van der Waals surface area contributed by atoms with Gasteiger partial charge < -0.3 is 14.9 Å². The van der Waals surface area contributed by atoms with Crippen LogP contribution in [0.5, 0.6) is 0 Å². The molecule has 0 bridgehead atoms. The summed E-state index contributed by atoms with van der Waals surface area (Å²) in [7, 11) is 0. The number of hydrogen-bond acceptors (Lipinski definition) is 3. The molecule has 0 aromatic heterocycles. The molecule has 2 rings (SSSR count). The van der Waals surface area contributed by atoms with Crippen molar-refractivity contribution in [1.29, 1.82) is 0 Å². The summed E-state index contributed by atoms with van der Waals surface area (Å²) in [5, 5.41) is 19.3. The van der Waals surface area contributed by atoms with Crippen LogP contribution in [0.4, 0.5) is 0 Å². The fourth-order valence-electron chi connectivity index (χ4n) is 2.49. The molecule has 0 unspecified atom stereocenters. The molecule has 0 spiro atoms. The molecule has 0 aliphatic heterocycles. The lowest BCUT2D eigenvalue weighted by molar-refractivity contribution is -0.146. The number of hydrogen-bond donors (Lipinski definition) is 2. The zero-order valence-electron chi connectivity index (χ0n) is 11.2. The van der Waals surface area contributed by atoms with Crippen LogP contribution in [0.2, 0.25) is 0 Å². The number of carbonyl (C=O) groups is 1. The number of halogens is 1. The summed E-state index contributed by atoms with van der Waals surface area (Å²) in [6, 6.07) is 7.84. The molecule has 0 heterocycles. The average molecular weight is 343 g/mol. The number of carboxylic acids is 1. The van der Waals surface area contributed by atoms with Gasteiger partial charge in [-0.05, 0) is 43.4 Å². The molecule has 0 saturated heterocycles. The number of benzene rings is 1. The van der Waals surface area contributed by atoms with Crippen LogP contribution in [0.25, 0.3) is 0 Å². The summed E-state index contributed by atoms with van der Waals surface area (Å²) in [4.78, 5) is 10.9. The Bertz CT molecular complexity index is 449. The van der Waals surface area contributed by atoms with Crippen LogP contribution >= 0.6 is 15.9 Å². The smallest absolute Gasteiger partial charge is 0.306 e. The number of ether oxygens (including phenoxy) is 1. The molecular formula is C15H19BrO4. The number of aliphatic hydroxyl groups is 1. The number of carboxylic acid groups (broad SMARTS) is 1. The maximum Gasteiger partial charge on any atom is 0.306 e. The lowest BCUT2D eigenvalue weighted by Crippen LogP contribution is -2.40. The van der Waals surface area contributed by atoms with Crippen molar-refractivity contribution in [3.63, 3.8) is 0 Å². The van der Waals surface area contributed by atoms with Crippen LogP contribution < -0.4 is 0 Å². The van der Waals surface area contributed by atoms with Gasteiger partial charge in [0.2, 0.25) is 0 Å². The first-order chi connectivity index (χ1) is 9.48. The van der Waals surface area contributed by atoms with E-state index in [-0.39, 0.29) is 12.5 Å². The fourth-order valence-corrected chi connectivity index (χ4v) is 2.75. The van der Waals surface area contributed by atoms with Gasteiger partial charge in [0.05, 0.1) is 24.7 Å². The Hall–Kier alpha value is -0.910. The molecule has 4 nitrogen and oxygen atoms in total. The van der Waals surface area contributed by atoms with Crippen molar-refractivity contribution in [3.05, 3.63) is 34.3 Å². The topological polar surface area (TPSA) is 66.8 Å². The van der Waals surface area contributed by atoms with Crippen molar-refractivity contribution >= 4 is 21.9 Å². The van der Waals surface area contributed by atoms with E-state index >= 15 is 0 Å². The monoisotopic (exact) mass is 342 g/mol. The minimum absolute atomic E-state index is 0.259. The normalized spacial score (nSPS) is 26.4. The quantitative estimate of drug-likeness (QED) is 0.863. The van der Waals surface area contributed by atoms with Crippen molar-refractivity contribution in [3.8, 4) is 0 Å².